The Balaban J connectivity index is 2.30. The second kappa shape index (κ2) is 5.25. The van der Waals surface area contributed by atoms with Crippen molar-refractivity contribution < 1.29 is 4.39 Å². The van der Waals surface area contributed by atoms with Gasteiger partial charge in [-0.3, -0.25) is 0 Å². The lowest BCUT2D eigenvalue weighted by Gasteiger charge is -2.09. The van der Waals surface area contributed by atoms with E-state index in [1.807, 2.05) is 18.2 Å². The Morgan fingerprint density at radius 2 is 1.60 bits per heavy atom. The predicted molar refractivity (Wildman–Crippen MR) is 84.4 cm³/mol. The van der Waals surface area contributed by atoms with Crippen LogP contribution in [0.4, 0.5) is 4.39 Å². The van der Waals surface area contributed by atoms with Crippen LogP contribution in [0, 0.1) is 5.82 Å². The molecule has 0 spiro atoms. The molecule has 0 aliphatic heterocycles. The van der Waals surface area contributed by atoms with E-state index >= 15 is 0 Å². The summed E-state index contributed by atoms with van der Waals surface area (Å²) in [6.07, 6.45) is 0. The summed E-state index contributed by atoms with van der Waals surface area (Å²) in [6, 6.07) is 13.8. The zero-order chi connectivity index (χ0) is 14.3. The van der Waals surface area contributed by atoms with Crippen LogP contribution in [0.25, 0.3) is 21.9 Å². The molecule has 0 N–H and O–H groups in total. The maximum atomic E-state index is 14.2. The zero-order valence-electron chi connectivity index (χ0n) is 10.1. The van der Waals surface area contributed by atoms with Crippen molar-refractivity contribution >= 4 is 45.6 Å². The van der Waals surface area contributed by atoms with Gasteiger partial charge in [-0.15, -0.1) is 0 Å². The molecule has 0 aromatic heterocycles. The average Bonchev–Trinajstić information content (AvgIpc) is 2.43. The molecule has 0 radical (unpaired) electrons. The number of hydrogen-bond donors (Lipinski definition) is 0. The second-order valence-corrected chi connectivity index (χ2v) is 5.65. The number of rotatable bonds is 1. The summed E-state index contributed by atoms with van der Waals surface area (Å²) in [5, 5.41) is 2.55. The highest BCUT2D eigenvalue weighted by atomic mass is 35.5. The van der Waals surface area contributed by atoms with Gasteiger partial charge in [-0.25, -0.2) is 4.39 Å². The van der Waals surface area contributed by atoms with Crippen molar-refractivity contribution in [2.75, 3.05) is 0 Å². The number of hydrogen-bond acceptors (Lipinski definition) is 0. The lowest BCUT2D eigenvalue weighted by atomic mass is 10.0. The van der Waals surface area contributed by atoms with Gasteiger partial charge in [0.05, 0.1) is 10.0 Å². The Morgan fingerprint density at radius 3 is 2.40 bits per heavy atom. The van der Waals surface area contributed by atoms with Gasteiger partial charge in [-0.1, -0.05) is 59.1 Å². The molecule has 0 nitrogen and oxygen atoms in total. The minimum atomic E-state index is -0.301. The monoisotopic (exact) mass is 324 g/mol. The van der Waals surface area contributed by atoms with Crippen molar-refractivity contribution in [1.82, 2.24) is 0 Å². The molecule has 0 aliphatic carbocycles. The molecule has 3 aromatic carbocycles. The van der Waals surface area contributed by atoms with Crippen molar-refractivity contribution in [3.8, 4) is 11.1 Å². The van der Waals surface area contributed by atoms with E-state index in [9.17, 15) is 4.39 Å². The first-order valence-corrected chi connectivity index (χ1v) is 7.03. The third-order valence-corrected chi connectivity index (χ3v) is 4.14. The number of benzene rings is 3. The molecule has 0 unspecified atom stereocenters. The van der Waals surface area contributed by atoms with Crippen LogP contribution < -0.4 is 0 Å². The lowest BCUT2D eigenvalue weighted by Crippen LogP contribution is -1.86. The Morgan fingerprint density at radius 1 is 0.850 bits per heavy atom. The van der Waals surface area contributed by atoms with Gasteiger partial charge < -0.3 is 0 Å². The summed E-state index contributed by atoms with van der Waals surface area (Å²) < 4.78 is 14.2. The number of halogens is 4. The summed E-state index contributed by atoms with van der Waals surface area (Å²) >= 11 is 18.2. The smallest absolute Gasteiger partial charge is 0.131 e. The van der Waals surface area contributed by atoms with Crippen LogP contribution in [-0.4, -0.2) is 0 Å². The molecule has 20 heavy (non-hydrogen) atoms. The molecule has 0 atom stereocenters. The second-order valence-electron chi connectivity index (χ2n) is 4.43. The van der Waals surface area contributed by atoms with Gasteiger partial charge in [0.25, 0.3) is 0 Å². The molecule has 0 amide bonds. The van der Waals surface area contributed by atoms with E-state index in [0.29, 0.717) is 31.6 Å². The van der Waals surface area contributed by atoms with Gasteiger partial charge in [0.15, 0.2) is 0 Å². The summed E-state index contributed by atoms with van der Waals surface area (Å²) in [5.41, 5.74) is 1.27. The largest absolute Gasteiger partial charge is 0.206 e. The van der Waals surface area contributed by atoms with Crippen molar-refractivity contribution in [2.24, 2.45) is 0 Å². The van der Waals surface area contributed by atoms with E-state index in [1.54, 1.807) is 24.3 Å². The summed E-state index contributed by atoms with van der Waals surface area (Å²) in [4.78, 5) is 0. The molecule has 3 aromatic rings. The molecular weight excluding hydrogens is 318 g/mol. The van der Waals surface area contributed by atoms with Gasteiger partial charge in [-0.2, -0.15) is 0 Å². The quantitative estimate of drug-likeness (QED) is 0.442. The van der Waals surface area contributed by atoms with Crippen molar-refractivity contribution in [3.63, 3.8) is 0 Å². The van der Waals surface area contributed by atoms with E-state index in [2.05, 4.69) is 0 Å². The number of fused-ring (bicyclic) bond motifs is 1. The van der Waals surface area contributed by atoms with Crippen LogP contribution in [-0.2, 0) is 0 Å². The lowest BCUT2D eigenvalue weighted by molar-refractivity contribution is 0.640. The first-order valence-electron chi connectivity index (χ1n) is 5.89. The van der Waals surface area contributed by atoms with E-state index in [-0.39, 0.29) is 5.82 Å². The standard InChI is InChI=1S/C16H8Cl3F/c17-11-7-13(16(19)14(18)8-11)10-5-9-3-1-2-4-12(9)15(20)6-10/h1-8H. The van der Waals surface area contributed by atoms with Crippen LogP contribution in [0.5, 0.6) is 0 Å². The fourth-order valence-electron chi connectivity index (χ4n) is 2.19. The normalized spacial score (nSPS) is 11.0. The van der Waals surface area contributed by atoms with Gasteiger partial charge in [-0.05, 0) is 35.2 Å². The molecular formula is C16H8Cl3F. The SMILES string of the molecule is Fc1cc(-c2cc(Cl)cc(Cl)c2Cl)cc2ccccc12. The van der Waals surface area contributed by atoms with Crippen LogP contribution >= 0.6 is 34.8 Å². The average molecular weight is 326 g/mol. The topological polar surface area (TPSA) is 0 Å². The van der Waals surface area contributed by atoms with E-state index in [0.717, 1.165) is 5.39 Å². The van der Waals surface area contributed by atoms with Crippen LogP contribution in [0.2, 0.25) is 15.1 Å². The molecule has 100 valence electrons. The molecule has 0 saturated heterocycles. The van der Waals surface area contributed by atoms with E-state index in [1.165, 1.54) is 6.07 Å². The van der Waals surface area contributed by atoms with Crippen LogP contribution in [0.1, 0.15) is 0 Å². The molecule has 0 bridgehead atoms. The van der Waals surface area contributed by atoms with Crippen LogP contribution in [0.15, 0.2) is 48.5 Å². The highest BCUT2D eigenvalue weighted by Crippen LogP contribution is 2.38. The molecule has 0 aliphatic rings. The first kappa shape index (κ1) is 13.7. The summed E-state index contributed by atoms with van der Waals surface area (Å²) in [6.45, 7) is 0. The molecule has 4 heteroatoms. The van der Waals surface area contributed by atoms with Gasteiger partial charge in [0.2, 0.25) is 0 Å². The zero-order valence-corrected chi connectivity index (χ0v) is 12.4. The van der Waals surface area contributed by atoms with Crippen molar-refractivity contribution in [1.29, 1.82) is 0 Å². The summed E-state index contributed by atoms with van der Waals surface area (Å²) in [5.74, 6) is -0.301. The van der Waals surface area contributed by atoms with Crippen molar-refractivity contribution in [3.05, 3.63) is 69.4 Å². The third kappa shape index (κ3) is 2.37. The minimum absolute atomic E-state index is 0.301. The predicted octanol–water partition coefficient (Wildman–Crippen LogP) is 6.61. The molecule has 0 heterocycles. The molecule has 0 fully saturated rings. The fraction of sp³-hybridized carbons (Fsp3) is 0. The van der Waals surface area contributed by atoms with Gasteiger partial charge >= 0.3 is 0 Å². The maximum absolute atomic E-state index is 14.2. The van der Waals surface area contributed by atoms with Gasteiger partial charge in [0.1, 0.15) is 5.82 Å². The van der Waals surface area contributed by atoms with E-state index < -0.39 is 0 Å². The maximum Gasteiger partial charge on any atom is 0.131 e. The minimum Gasteiger partial charge on any atom is -0.206 e. The first-order chi connectivity index (χ1) is 9.56. The van der Waals surface area contributed by atoms with E-state index in [4.69, 9.17) is 34.8 Å². The Hall–Kier alpha value is -1.28. The third-order valence-electron chi connectivity index (χ3n) is 3.12. The Labute approximate surface area is 130 Å². The fourth-order valence-corrected chi connectivity index (χ4v) is 2.90. The Bertz CT molecular complexity index is 812. The molecule has 3 rings (SSSR count). The molecule has 0 saturated carbocycles. The summed E-state index contributed by atoms with van der Waals surface area (Å²) in [7, 11) is 0. The van der Waals surface area contributed by atoms with Gasteiger partial charge in [0, 0.05) is 16.0 Å². The Kier molecular flexibility index (Phi) is 3.59. The van der Waals surface area contributed by atoms with Crippen LogP contribution in [0.3, 0.4) is 0 Å². The highest BCUT2D eigenvalue weighted by molar-refractivity contribution is 6.45. The highest BCUT2D eigenvalue weighted by Gasteiger charge is 2.12. The van der Waals surface area contributed by atoms with Crippen molar-refractivity contribution in [2.45, 2.75) is 0 Å².